The van der Waals surface area contributed by atoms with Gasteiger partial charge < -0.3 is 10.5 Å². The fraction of sp³-hybridized carbons (Fsp3) is 0.429. The van der Waals surface area contributed by atoms with E-state index >= 15 is 0 Å². The van der Waals surface area contributed by atoms with E-state index < -0.39 is 17.2 Å². The minimum Gasteiger partial charge on any atom is -0.383 e. The molecule has 0 bridgehead atoms. The maximum absolute atomic E-state index is 13.4. The molecule has 164 valence electrons. The van der Waals surface area contributed by atoms with Crippen molar-refractivity contribution in [3.8, 4) is 6.07 Å². The number of ether oxygens (including phenoxy) is 1. The van der Waals surface area contributed by atoms with Crippen molar-refractivity contribution in [2.45, 2.75) is 19.9 Å². The molecule has 1 aromatic heterocycles. The van der Waals surface area contributed by atoms with Gasteiger partial charge in [0.2, 0.25) is 0 Å². The molecule has 0 unspecified atom stereocenters. The number of aromatic nitrogens is 2. The number of nitrogens with two attached hydrogens (primary N) is 1. The number of rotatable bonds is 7. The zero-order valence-corrected chi connectivity index (χ0v) is 17.5. The van der Waals surface area contributed by atoms with Crippen LogP contribution in [0.4, 0.5) is 11.5 Å². The van der Waals surface area contributed by atoms with Gasteiger partial charge in [0.05, 0.1) is 24.8 Å². The number of morpholine rings is 1. The Morgan fingerprint density at radius 3 is 2.52 bits per heavy atom. The first-order valence-corrected chi connectivity index (χ1v) is 10.2. The SMILES string of the molecule is CCCn1c(N)c(N(CCN2CCOCC2)C(=O)c2ccc(C#N)cc2)c(=O)[nH]c1=O. The van der Waals surface area contributed by atoms with Gasteiger partial charge in [-0.25, -0.2) is 4.79 Å². The van der Waals surface area contributed by atoms with Crippen LogP contribution in [-0.2, 0) is 11.3 Å². The van der Waals surface area contributed by atoms with Crippen molar-refractivity contribution in [1.29, 1.82) is 5.26 Å². The van der Waals surface area contributed by atoms with Crippen LogP contribution in [0.1, 0.15) is 29.3 Å². The number of carbonyl (C=O) groups excluding carboxylic acids is 1. The highest BCUT2D eigenvalue weighted by molar-refractivity contribution is 6.07. The van der Waals surface area contributed by atoms with Gasteiger partial charge in [0.25, 0.3) is 11.5 Å². The lowest BCUT2D eigenvalue weighted by Gasteiger charge is -2.30. The van der Waals surface area contributed by atoms with Crippen molar-refractivity contribution in [3.05, 3.63) is 56.2 Å². The molecule has 3 N–H and O–H groups in total. The molecule has 0 radical (unpaired) electrons. The smallest absolute Gasteiger partial charge is 0.330 e. The Balaban J connectivity index is 2.01. The average molecular weight is 426 g/mol. The van der Waals surface area contributed by atoms with E-state index in [1.54, 1.807) is 12.1 Å². The molecule has 1 aliphatic heterocycles. The van der Waals surface area contributed by atoms with Crippen LogP contribution in [0.2, 0.25) is 0 Å². The first-order chi connectivity index (χ1) is 15.0. The standard InChI is InChI=1S/C21H26N6O4/c1-2-7-27-18(23)17(19(28)24-21(27)30)26(9-8-25-10-12-31-13-11-25)20(29)16-5-3-15(14-22)4-6-16/h3-6H,2,7-13,23H2,1H3,(H,24,28,30). The third kappa shape index (κ3) is 5.02. The summed E-state index contributed by atoms with van der Waals surface area (Å²) in [5.74, 6) is -0.476. The highest BCUT2D eigenvalue weighted by atomic mass is 16.5. The first kappa shape index (κ1) is 22.3. The second kappa shape index (κ2) is 10.1. The molecule has 10 heteroatoms. The van der Waals surface area contributed by atoms with Gasteiger partial charge in [0.15, 0.2) is 5.69 Å². The monoisotopic (exact) mass is 426 g/mol. The molecule has 2 heterocycles. The number of amides is 1. The summed E-state index contributed by atoms with van der Waals surface area (Å²) in [6.07, 6.45) is 0.632. The van der Waals surface area contributed by atoms with E-state index in [2.05, 4.69) is 9.88 Å². The third-order valence-electron chi connectivity index (χ3n) is 5.18. The zero-order valence-electron chi connectivity index (χ0n) is 17.5. The second-order valence-corrected chi connectivity index (χ2v) is 7.24. The molecular weight excluding hydrogens is 400 g/mol. The van der Waals surface area contributed by atoms with Crippen molar-refractivity contribution >= 4 is 17.4 Å². The average Bonchev–Trinajstić information content (AvgIpc) is 2.79. The molecule has 1 saturated heterocycles. The van der Waals surface area contributed by atoms with Crippen molar-refractivity contribution < 1.29 is 9.53 Å². The van der Waals surface area contributed by atoms with E-state index in [-0.39, 0.29) is 18.1 Å². The lowest BCUT2D eigenvalue weighted by Crippen LogP contribution is -2.46. The molecule has 0 aliphatic carbocycles. The quantitative estimate of drug-likeness (QED) is 0.653. The molecule has 0 spiro atoms. The Morgan fingerprint density at radius 2 is 1.90 bits per heavy atom. The van der Waals surface area contributed by atoms with Gasteiger partial charge >= 0.3 is 5.69 Å². The van der Waals surface area contributed by atoms with Crippen LogP contribution in [0.25, 0.3) is 0 Å². The molecule has 0 atom stereocenters. The number of nitrogens with zero attached hydrogens (tertiary/aromatic N) is 4. The molecule has 1 aliphatic rings. The number of nitrogen functional groups attached to an aromatic ring is 1. The van der Waals surface area contributed by atoms with Gasteiger partial charge in [0, 0.05) is 38.3 Å². The lowest BCUT2D eigenvalue weighted by atomic mass is 10.1. The first-order valence-electron chi connectivity index (χ1n) is 10.2. The summed E-state index contributed by atoms with van der Waals surface area (Å²) < 4.78 is 6.63. The largest absolute Gasteiger partial charge is 0.383 e. The Hall–Kier alpha value is -3.42. The van der Waals surface area contributed by atoms with Crippen LogP contribution in [0.5, 0.6) is 0 Å². The van der Waals surface area contributed by atoms with Crippen LogP contribution < -0.4 is 21.9 Å². The summed E-state index contributed by atoms with van der Waals surface area (Å²) >= 11 is 0. The van der Waals surface area contributed by atoms with Crippen molar-refractivity contribution in [3.63, 3.8) is 0 Å². The molecule has 31 heavy (non-hydrogen) atoms. The normalized spacial score (nSPS) is 14.2. The maximum Gasteiger partial charge on any atom is 0.330 e. The molecule has 10 nitrogen and oxygen atoms in total. The van der Waals surface area contributed by atoms with Gasteiger partial charge in [-0.1, -0.05) is 6.92 Å². The van der Waals surface area contributed by atoms with Crippen LogP contribution in [0, 0.1) is 11.3 Å². The molecule has 0 saturated carbocycles. The second-order valence-electron chi connectivity index (χ2n) is 7.24. The summed E-state index contributed by atoms with van der Waals surface area (Å²) in [7, 11) is 0. The van der Waals surface area contributed by atoms with E-state index in [1.165, 1.54) is 21.6 Å². The van der Waals surface area contributed by atoms with Gasteiger partial charge in [-0.3, -0.25) is 28.9 Å². The van der Waals surface area contributed by atoms with Gasteiger partial charge in [-0.2, -0.15) is 5.26 Å². The summed E-state index contributed by atoms with van der Waals surface area (Å²) in [4.78, 5) is 44.0. The van der Waals surface area contributed by atoms with E-state index in [9.17, 15) is 14.4 Å². The maximum atomic E-state index is 13.4. The van der Waals surface area contributed by atoms with E-state index in [0.717, 1.165) is 13.1 Å². The number of hydrogen-bond donors (Lipinski definition) is 2. The zero-order chi connectivity index (χ0) is 22.4. The van der Waals surface area contributed by atoms with Crippen LogP contribution >= 0.6 is 0 Å². The summed E-state index contributed by atoms with van der Waals surface area (Å²) in [5.41, 5.74) is 5.59. The van der Waals surface area contributed by atoms with E-state index in [0.29, 0.717) is 43.9 Å². The van der Waals surface area contributed by atoms with Gasteiger partial charge in [0.1, 0.15) is 5.82 Å². The summed E-state index contributed by atoms with van der Waals surface area (Å²) in [6.45, 7) is 5.57. The Labute approximate surface area is 179 Å². The van der Waals surface area contributed by atoms with Crippen LogP contribution in [0.15, 0.2) is 33.9 Å². The van der Waals surface area contributed by atoms with Gasteiger partial charge in [-0.15, -0.1) is 0 Å². The van der Waals surface area contributed by atoms with Crippen molar-refractivity contribution in [2.24, 2.45) is 0 Å². The third-order valence-corrected chi connectivity index (χ3v) is 5.18. The molecule has 1 aromatic carbocycles. The molecule has 1 fully saturated rings. The number of nitrogens with one attached hydrogen (secondary N) is 1. The number of benzene rings is 1. The Bertz CT molecular complexity index is 1080. The van der Waals surface area contributed by atoms with Crippen molar-refractivity contribution in [1.82, 2.24) is 14.5 Å². The minimum absolute atomic E-state index is 0.0421. The number of aromatic amines is 1. The number of hydrogen-bond acceptors (Lipinski definition) is 7. The molecule has 2 aromatic rings. The van der Waals surface area contributed by atoms with E-state index in [1.807, 2.05) is 13.0 Å². The minimum atomic E-state index is -0.709. The summed E-state index contributed by atoms with van der Waals surface area (Å²) in [5, 5.41) is 9.01. The Kier molecular flexibility index (Phi) is 7.23. The highest BCUT2D eigenvalue weighted by Gasteiger charge is 2.26. The summed E-state index contributed by atoms with van der Waals surface area (Å²) in [6, 6.07) is 8.17. The highest BCUT2D eigenvalue weighted by Crippen LogP contribution is 2.20. The predicted molar refractivity (Wildman–Crippen MR) is 116 cm³/mol. The fourth-order valence-corrected chi connectivity index (χ4v) is 3.51. The predicted octanol–water partition coefficient (Wildman–Crippen LogP) is 0.379. The molecule has 3 rings (SSSR count). The van der Waals surface area contributed by atoms with Crippen LogP contribution in [0.3, 0.4) is 0 Å². The number of nitriles is 1. The topological polar surface area (TPSA) is 137 Å². The molecule has 1 amide bonds. The lowest BCUT2D eigenvalue weighted by molar-refractivity contribution is 0.0391. The molecular formula is C21H26N6O4. The Morgan fingerprint density at radius 1 is 1.23 bits per heavy atom. The number of H-pyrrole nitrogens is 1. The fourth-order valence-electron chi connectivity index (χ4n) is 3.51. The van der Waals surface area contributed by atoms with Crippen molar-refractivity contribution in [2.75, 3.05) is 50.0 Å². The number of anilines is 2. The van der Waals surface area contributed by atoms with E-state index in [4.69, 9.17) is 15.7 Å². The van der Waals surface area contributed by atoms with Crippen LogP contribution in [-0.4, -0.2) is 59.8 Å². The van der Waals surface area contributed by atoms with Gasteiger partial charge in [-0.05, 0) is 30.7 Å². The number of carbonyl (C=O) groups is 1.